The van der Waals surface area contributed by atoms with Crippen molar-refractivity contribution >= 4 is 35.3 Å². The summed E-state index contributed by atoms with van der Waals surface area (Å²) in [7, 11) is 0. The van der Waals surface area contributed by atoms with Gasteiger partial charge < -0.3 is 0 Å². The van der Waals surface area contributed by atoms with Gasteiger partial charge in [0.2, 0.25) is 0 Å². The molecule has 1 aromatic heterocycles. The Kier molecular flexibility index (Phi) is 3.45. The van der Waals surface area contributed by atoms with Crippen LogP contribution in [0.4, 0.5) is 5.69 Å². The van der Waals surface area contributed by atoms with E-state index in [1.165, 1.54) is 47.8 Å². The third kappa shape index (κ3) is 2.66. The summed E-state index contributed by atoms with van der Waals surface area (Å²) in [5.74, 6) is 0. The van der Waals surface area contributed by atoms with Crippen LogP contribution in [-0.4, -0.2) is 20.6 Å². The van der Waals surface area contributed by atoms with Crippen LogP contribution in [0, 0.1) is 10.1 Å². The predicted molar refractivity (Wildman–Crippen MR) is 62.5 cm³/mol. The van der Waals surface area contributed by atoms with E-state index in [1.807, 2.05) is 0 Å². The second kappa shape index (κ2) is 5.02. The van der Waals surface area contributed by atoms with Crippen LogP contribution in [0.1, 0.15) is 10.4 Å². The van der Waals surface area contributed by atoms with E-state index in [4.69, 9.17) is 0 Å². The quantitative estimate of drug-likeness (QED) is 0.480. The fourth-order valence-electron chi connectivity index (χ4n) is 1.14. The zero-order valence-electron chi connectivity index (χ0n) is 8.27. The van der Waals surface area contributed by atoms with E-state index in [0.29, 0.717) is 15.5 Å². The molecular formula is C9H5N3O3S2. The van der Waals surface area contributed by atoms with Crippen LogP contribution >= 0.6 is 23.3 Å². The van der Waals surface area contributed by atoms with Crippen molar-refractivity contribution in [1.82, 2.24) is 9.36 Å². The fraction of sp³-hybridized carbons (Fsp3) is 0. The van der Waals surface area contributed by atoms with Gasteiger partial charge in [-0.15, -0.1) is 0 Å². The molecule has 8 heteroatoms. The molecule has 0 atom stereocenters. The third-order valence-electron chi connectivity index (χ3n) is 1.87. The summed E-state index contributed by atoms with van der Waals surface area (Å²) in [5.41, 5.74) is 0.174. The van der Waals surface area contributed by atoms with E-state index < -0.39 is 4.92 Å². The normalized spacial score (nSPS) is 10.1. The molecule has 0 aliphatic rings. The van der Waals surface area contributed by atoms with Gasteiger partial charge in [-0.1, -0.05) is 11.8 Å². The van der Waals surface area contributed by atoms with Crippen LogP contribution in [-0.2, 0) is 0 Å². The van der Waals surface area contributed by atoms with Crippen LogP contribution in [0.2, 0.25) is 0 Å². The van der Waals surface area contributed by atoms with Crippen molar-refractivity contribution in [2.45, 2.75) is 9.24 Å². The number of benzene rings is 1. The maximum Gasteiger partial charge on any atom is 0.270 e. The number of carbonyl (C=O) groups is 1. The number of non-ortho nitro benzene ring substituents is 1. The molecule has 0 N–H and O–H groups in total. The Morgan fingerprint density at radius 1 is 1.47 bits per heavy atom. The first-order valence-electron chi connectivity index (χ1n) is 4.39. The Labute approximate surface area is 104 Å². The topological polar surface area (TPSA) is 86.0 Å². The number of nitrogens with zero attached hydrogens (tertiary/aromatic N) is 3. The van der Waals surface area contributed by atoms with Gasteiger partial charge in [0.05, 0.1) is 4.92 Å². The molecule has 0 bridgehead atoms. The van der Waals surface area contributed by atoms with Crippen LogP contribution in [0.25, 0.3) is 0 Å². The lowest BCUT2D eigenvalue weighted by atomic mass is 10.2. The molecule has 6 nitrogen and oxygen atoms in total. The van der Waals surface area contributed by atoms with Crippen LogP contribution < -0.4 is 0 Å². The average molecular weight is 267 g/mol. The molecule has 17 heavy (non-hydrogen) atoms. The average Bonchev–Trinajstić information content (AvgIpc) is 2.82. The summed E-state index contributed by atoms with van der Waals surface area (Å²) in [5, 5.41) is 10.6. The molecule has 0 amide bonds. The Morgan fingerprint density at radius 3 is 2.88 bits per heavy atom. The first-order valence-corrected chi connectivity index (χ1v) is 5.98. The molecule has 0 saturated carbocycles. The number of carbonyl (C=O) groups excluding carboxylic acids is 1. The standard InChI is InChI=1S/C9H5N3O3S2/c13-4-6-3-7(12(14)15)1-2-8(6)16-9-10-5-11-17-9/h1-5H. The molecule has 2 aromatic rings. The second-order valence-electron chi connectivity index (χ2n) is 2.91. The van der Waals surface area contributed by atoms with Gasteiger partial charge in [0, 0.05) is 22.6 Å². The highest BCUT2D eigenvalue weighted by molar-refractivity contribution is 8.01. The number of nitro benzene ring substituents is 1. The minimum absolute atomic E-state index is 0.103. The fourth-order valence-corrected chi connectivity index (χ4v) is 2.61. The molecule has 2 rings (SSSR count). The number of nitro groups is 1. The summed E-state index contributed by atoms with van der Waals surface area (Å²) in [4.78, 5) is 25.5. The summed E-state index contributed by atoms with van der Waals surface area (Å²) in [6.45, 7) is 0. The lowest BCUT2D eigenvalue weighted by Gasteiger charge is -2.01. The van der Waals surface area contributed by atoms with E-state index >= 15 is 0 Å². The van der Waals surface area contributed by atoms with Crippen molar-refractivity contribution in [3.63, 3.8) is 0 Å². The molecular weight excluding hydrogens is 262 g/mol. The van der Waals surface area contributed by atoms with Crippen molar-refractivity contribution in [3.8, 4) is 0 Å². The highest BCUT2D eigenvalue weighted by Crippen LogP contribution is 2.32. The summed E-state index contributed by atoms with van der Waals surface area (Å²) in [6, 6.07) is 4.14. The van der Waals surface area contributed by atoms with Crippen LogP contribution in [0.5, 0.6) is 0 Å². The smallest absolute Gasteiger partial charge is 0.270 e. The minimum Gasteiger partial charge on any atom is -0.298 e. The highest BCUT2D eigenvalue weighted by Gasteiger charge is 2.12. The zero-order valence-corrected chi connectivity index (χ0v) is 9.90. The van der Waals surface area contributed by atoms with E-state index in [-0.39, 0.29) is 11.3 Å². The number of hydrogen-bond acceptors (Lipinski definition) is 7. The lowest BCUT2D eigenvalue weighted by molar-refractivity contribution is -0.384. The summed E-state index contributed by atoms with van der Waals surface area (Å²) >= 11 is 2.46. The Hall–Kier alpha value is -1.80. The van der Waals surface area contributed by atoms with Crippen LogP contribution in [0.15, 0.2) is 33.8 Å². The van der Waals surface area contributed by atoms with E-state index in [2.05, 4.69) is 9.36 Å². The number of rotatable bonds is 4. The van der Waals surface area contributed by atoms with E-state index in [0.717, 1.165) is 0 Å². The number of hydrogen-bond donors (Lipinski definition) is 0. The van der Waals surface area contributed by atoms with Gasteiger partial charge in [-0.05, 0) is 17.6 Å². The largest absolute Gasteiger partial charge is 0.298 e. The summed E-state index contributed by atoms with van der Waals surface area (Å²) in [6.07, 6.45) is 2.01. The third-order valence-corrected chi connectivity index (χ3v) is 3.68. The van der Waals surface area contributed by atoms with E-state index in [9.17, 15) is 14.9 Å². The van der Waals surface area contributed by atoms with Crippen molar-refractivity contribution in [1.29, 1.82) is 0 Å². The number of aromatic nitrogens is 2. The van der Waals surface area contributed by atoms with Gasteiger partial charge in [-0.3, -0.25) is 14.9 Å². The molecule has 0 unspecified atom stereocenters. The molecule has 1 aromatic carbocycles. The maximum atomic E-state index is 10.9. The van der Waals surface area contributed by atoms with E-state index in [1.54, 1.807) is 0 Å². The number of aldehydes is 1. The van der Waals surface area contributed by atoms with Gasteiger partial charge >= 0.3 is 0 Å². The second-order valence-corrected chi connectivity index (χ2v) is 4.98. The molecule has 1 heterocycles. The van der Waals surface area contributed by atoms with Crippen molar-refractivity contribution in [2.24, 2.45) is 0 Å². The zero-order chi connectivity index (χ0) is 12.3. The van der Waals surface area contributed by atoms with Gasteiger partial charge in [0.25, 0.3) is 5.69 Å². The lowest BCUT2D eigenvalue weighted by Crippen LogP contribution is -1.91. The Bertz CT molecular complexity index is 557. The molecule has 0 aliphatic heterocycles. The molecule has 86 valence electrons. The van der Waals surface area contributed by atoms with Gasteiger partial charge in [0.15, 0.2) is 10.6 Å². The maximum absolute atomic E-state index is 10.9. The minimum atomic E-state index is -0.535. The first kappa shape index (κ1) is 11.7. The highest BCUT2D eigenvalue weighted by atomic mass is 32.2. The monoisotopic (exact) mass is 267 g/mol. The summed E-state index contributed by atoms with van der Waals surface area (Å²) < 4.78 is 4.52. The first-order chi connectivity index (χ1) is 8.20. The Morgan fingerprint density at radius 2 is 2.29 bits per heavy atom. The van der Waals surface area contributed by atoms with Crippen molar-refractivity contribution in [3.05, 3.63) is 40.2 Å². The molecule has 0 radical (unpaired) electrons. The van der Waals surface area contributed by atoms with Crippen molar-refractivity contribution < 1.29 is 9.72 Å². The molecule has 0 fully saturated rings. The molecule has 0 spiro atoms. The van der Waals surface area contributed by atoms with Gasteiger partial charge in [-0.2, -0.15) is 4.37 Å². The van der Waals surface area contributed by atoms with Gasteiger partial charge in [0.1, 0.15) is 6.33 Å². The predicted octanol–water partition coefficient (Wildman–Crippen LogP) is 2.41. The molecule has 0 aliphatic carbocycles. The SMILES string of the molecule is O=Cc1cc([N+](=O)[O-])ccc1Sc1ncns1. The molecule has 0 saturated heterocycles. The van der Waals surface area contributed by atoms with Gasteiger partial charge in [-0.25, -0.2) is 4.98 Å². The Balaban J connectivity index is 2.34. The van der Waals surface area contributed by atoms with Crippen molar-refractivity contribution in [2.75, 3.05) is 0 Å². The van der Waals surface area contributed by atoms with Crippen LogP contribution in [0.3, 0.4) is 0 Å².